The van der Waals surface area contributed by atoms with Gasteiger partial charge in [-0.15, -0.1) is 0 Å². The molecule has 2 N–H and O–H groups in total. The number of aliphatic carboxylic acids is 1. The molecule has 0 fully saturated rings. The number of amides is 2. The van der Waals surface area contributed by atoms with Gasteiger partial charge in [0.1, 0.15) is 12.4 Å². The summed E-state index contributed by atoms with van der Waals surface area (Å²) < 4.78 is 37.3. The highest BCUT2D eigenvalue weighted by Gasteiger charge is 2.21. The minimum absolute atomic E-state index is 0.217. The number of carboxylic acids is 1. The van der Waals surface area contributed by atoms with Crippen LogP contribution in [0.15, 0.2) is 54.6 Å². The third-order valence-electron chi connectivity index (χ3n) is 5.73. The van der Waals surface area contributed by atoms with Gasteiger partial charge in [-0.2, -0.15) is 0 Å². The normalized spacial score (nSPS) is 12.1. The number of carbonyl (C=O) groups is 2. The average Bonchev–Trinajstić information content (AvgIpc) is 2.86. The van der Waals surface area contributed by atoms with E-state index in [1.54, 1.807) is 36.1 Å². The largest absolute Gasteiger partial charge is 0.492 e. The Bertz CT molecular complexity index is 936. The van der Waals surface area contributed by atoms with Gasteiger partial charge in [-0.25, -0.2) is 18.4 Å². The molecule has 2 aromatic carbocycles. The predicted octanol–water partition coefficient (Wildman–Crippen LogP) is 5.18. The Kier molecular flexibility index (Phi) is 12.8. The first-order chi connectivity index (χ1) is 17.7. The summed E-state index contributed by atoms with van der Waals surface area (Å²) in [5.41, 5.74) is 1.92. The van der Waals surface area contributed by atoms with Crippen molar-refractivity contribution in [3.63, 3.8) is 0 Å². The summed E-state index contributed by atoms with van der Waals surface area (Å²) in [7, 11) is 0. The van der Waals surface area contributed by atoms with E-state index in [0.29, 0.717) is 51.3 Å². The lowest BCUT2D eigenvalue weighted by Gasteiger charge is -2.23. The Morgan fingerprint density at radius 2 is 1.73 bits per heavy atom. The first kappa shape index (κ1) is 30.0. The molecule has 0 aromatic heterocycles. The van der Waals surface area contributed by atoms with Crippen LogP contribution in [-0.4, -0.2) is 66.9 Å². The highest BCUT2D eigenvalue weighted by molar-refractivity contribution is 5.74. The molecule has 2 amide bonds. The van der Waals surface area contributed by atoms with Crippen LogP contribution < -0.4 is 10.1 Å². The lowest BCUT2D eigenvalue weighted by molar-refractivity contribution is -0.149. The monoisotopic (exact) mass is 520 g/mol. The van der Waals surface area contributed by atoms with E-state index >= 15 is 0 Å². The van der Waals surface area contributed by atoms with Gasteiger partial charge in [0, 0.05) is 32.5 Å². The number of rotatable bonds is 17. The third kappa shape index (κ3) is 12.5. The first-order valence-corrected chi connectivity index (χ1v) is 12.7. The van der Waals surface area contributed by atoms with Gasteiger partial charge in [0.05, 0.1) is 6.54 Å². The van der Waals surface area contributed by atoms with E-state index in [0.717, 1.165) is 18.1 Å². The van der Waals surface area contributed by atoms with Crippen LogP contribution in [0.1, 0.15) is 44.2 Å². The van der Waals surface area contributed by atoms with Gasteiger partial charge in [0.15, 0.2) is 6.10 Å². The number of unbranched alkanes of at least 4 members (excludes halogenated alkanes) is 1. The second kappa shape index (κ2) is 15.8. The van der Waals surface area contributed by atoms with E-state index in [2.05, 4.69) is 5.32 Å². The molecule has 0 aliphatic rings. The van der Waals surface area contributed by atoms with Crippen molar-refractivity contribution in [2.45, 2.75) is 58.0 Å². The van der Waals surface area contributed by atoms with Gasteiger partial charge in [-0.1, -0.05) is 42.5 Å². The van der Waals surface area contributed by atoms with Crippen LogP contribution in [-0.2, 0) is 22.4 Å². The Labute approximate surface area is 217 Å². The maximum absolute atomic E-state index is 13.2. The lowest BCUT2D eigenvalue weighted by atomic mass is 10.1. The number of ether oxygens (including phenoxy) is 2. The number of hydrogen-bond donors (Lipinski definition) is 2. The van der Waals surface area contributed by atoms with Crippen LogP contribution >= 0.6 is 0 Å². The predicted molar refractivity (Wildman–Crippen MR) is 138 cm³/mol. The van der Waals surface area contributed by atoms with Crippen LogP contribution in [0.3, 0.4) is 0 Å². The number of halogens is 2. The molecule has 1 unspecified atom stereocenters. The fourth-order valence-corrected chi connectivity index (χ4v) is 3.75. The second-order valence-corrected chi connectivity index (χ2v) is 8.96. The topological polar surface area (TPSA) is 88.1 Å². The summed E-state index contributed by atoms with van der Waals surface area (Å²) in [4.78, 5) is 25.6. The maximum atomic E-state index is 13.2. The Hall–Kier alpha value is -3.20. The van der Waals surface area contributed by atoms with Crippen molar-refractivity contribution in [3.05, 3.63) is 65.7 Å². The lowest BCUT2D eigenvalue weighted by Crippen LogP contribution is -2.43. The number of urea groups is 1. The molecule has 204 valence electrons. The molecule has 0 radical (unpaired) electrons. The molecule has 0 saturated heterocycles. The minimum Gasteiger partial charge on any atom is -0.492 e. The van der Waals surface area contributed by atoms with Gasteiger partial charge in [-0.05, 0) is 56.4 Å². The SMILES string of the molecule is CCOC(Cc1ccc(OCCN(CCCCC(C)(F)F)C(=O)NCCc2ccccc2)cc1)C(=O)O. The van der Waals surface area contributed by atoms with Crippen molar-refractivity contribution < 1.29 is 33.0 Å². The fourth-order valence-electron chi connectivity index (χ4n) is 3.75. The molecule has 1 atom stereocenters. The van der Waals surface area contributed by atoms with E-state index in [1.165, 1.54) is 0 Å². The molecule has 0 heterocycles. The van der Waals surface area contributed by atoms with Crippen molar-refractivity contribution in [1.29, 1.82) is 0 Å². The van der Waals surface area contributed by atoms with E-state index in [1.807, 2.05) is 30.3 Å². The number of alkyl halides is 2. The van der Waals surface area contributed by atoms with Crippen LogP contribution in [0.4, 0.5) is 13.6 Å². The van der Waals surface area contributed by atoms with Crippen LogP contribution in [0.25, 0.3) is 0 Å². The zero-order valence-corrected chi connectivity index (χ0v) is 21.6. The summed E-state index contributed by atoms with van der Waals surface area (Å²) in [5, 5.41) is 12.1. The summed E-state index contributed by atoms with van der Waals surface area (Å²) >= 11 is 0. The average molecular weight is 521 g/mol. The fraction of sp³-hybridized carbons (Fsp3) is 0.500. The van der Waals surface area contributed by atoms with Gasteiger partial charge in [0.25, 0.3) is 0 Å². The van der Waals surface area contributed by atoms with E-state index in [4.69, 9.17) is 9.47 Å². The molecule has 7 nitrogen and oxygen atoms in total. The van der Waals surface area contributed by atoms with Gasteiger partial charge in [-0.3, -0.25) is 0 Å². The van der Waals surface area contributed by atoms with E-state index < -0.39 is 18.0 Å². The van der Waals surface area contributed by atoms with Crippen molar-refractivity contribution >= 4 is 12.0 Å². The zero-order chi connectivity index (χ0) is 27.1. The van der Waals surface area contributed by atoms with Crippen molar-refractivity contribution in [2.24, 2.45) is 0 Å². The Morgan fingerprint density at radius 3 is 2.35 bits per heavy atom. The van der Waals surface area contributed by atoms with Gasteiger partial charge in [0.2, 0.25) is 5.92 Å². The Morgan fingerprint density at radius 1 is 1.03 bits per heavy atom. The molecule has 0 aliphatic heterocycles. The Balaban J connectivity index is 1.86. The molecule has 2 rings (SSSR count). The molecule has 0 aliphatic carbocycles. The third-order valence-corrected chi connectivity index (χ3v) is 5.73. The van der Waals surface area contributed by atoms with Crippen molar-refractivity contribution in [1.82, 2.24) is 10.2 Å². The quantitative estimate of drug-likeness (QED) is 0.281. The molecule has 37 heavy (non-hydrogen) atoms. The number of carbonyl (C=O) groups excluding carboxylic acids is 1. The number of carboxylic acid groups (broad SMARTS) is 1. The summed E-state index contributed by atoms with van der Waals surface area (Å²) in [6.45, 7) is 4.31. The van der Waals surface area contributed by atoms with Crippen molar-refractivity contribution in [2.75, 3.05) is 32.8 Å². The molecule has 0 bridgehead atoms. The number of nitrogens with zero attached hydrogens (tertiary/aromatic N) is 1. The van der Waals surface area contributed by atoms with Crippen LogP contribution in [0.2, 0.25) is 0 Å². The highest BCUT2D eigenvalue weighted by Crippen LogP contribution is 2.20. The molecule has 2 aromatic rings. The minimum atomic E-state index is -2.72. The van der Waals surface area contributed by atoms with Gasteiger partial charge < -0.3 is 24.8 Å². The molecule has 0 spiro atoms. The van der Waals surface area contributed by atoms with Crippen molar-refractivity contribution in [3.8, 4) is 5.75 Å². The summed E-state index contributed by atoms with van der Waals surface area (Å²) in [6.07, 6.45) is 0.603. The van der Waals surface area contributed by atoms with Crippen LogP contribution in [0.5, 0.6) is 5.75 Å². The van der Waals surface area contributed by atoms with E-state index in [9.17, 15) is 23.5 Å². The molecule has 9 heteroatoms. The summed E-state index contributed by atoms with van der Waals surface area (Å²) in [5.74, 6) is -3.14. The first-order valence-electron chi connectivity index (χ1n) is 12.7. The number of nitrogens with one attached hydrogen (secondary N) is 1. The molecular weight excluding hydrogens is 482 g/mol. The summed E-state index contributed by atoms with van der Waals surface area (Å²) in [6, 6.07) is 16.6. The maximum Gasteiger partial charge on any atom is 0.333 e. The van der Waals surface area contributed by atoms with E-state index in [-0.39, 0.29) is 25.5 Å². The van der Waals surface area contributed by atoms with Gasteiger partial charge >= 0.3 is 12.0 Å². The highest BCUT2D eigenvalue weighted by atomic mass is 19.3. The number of hydrogen-bond acceptors (Lipinski definition) is 4. The smallest absolute Gasteiger partial charge is 0.333 e. The molecule has 0 saturated carbocycles. The van der Waals surface area contributed by atoms with Crippen LogP contribution in [0, 0.1) is 0 Å². The second-order valence-electron chi connectivity index (χ2n) is 8.96. The molecular formula is C28H38F2N2O5. The standard InChI is InChI=1S/C28H38F2N2O5/c1-3-36-25(26(33)34)21-23-11-13-24(14-12-23)37-20-19-32(18-8-7-16-28(2,29)30)27(35)31-17-15-22-9-5-4-6-10-22/h4-6,9-14,25H,3,7-8,15-21H2,1-2H3,(H,31,35)(H,33,34). The zero-order valence-electron chi connectivity index (χ0n) is 21.6. The number of benzene rings is 2.